The summed E-state index contributed by atoms with van der Waals surface area (Å²) in [6, 6.07) is 2.29. The first-order valence-electron chi connectivity index (χ1n) is 4.81. The van der Waals surface area contributed by atoms with E-state index in [4.69, 9.17) is 17.5 Å². The van der Waals surface area contributed by atoms with Gasteiger partial charge in [0.05, 0.1) is 11.1 Å². The molecule has 0 aromatic carbocycles. The first kappa shape index (κ1) is 10.5. The molecule has 0 amide bonds. The Morgan fingerprint density at radius 3 is 2.62 bits per heavy atom. The standard InChI is InChI=1S/C10H16N2S/c1-4-9(5-11)12-6-7(2)8(3)10(12)13/h7-9H,4,6H2,1-3H3. The molecular formula is C10H16N2S. The molecular weight excluding hydrogens is 180 g/mol. The van der Waals surface area contributed by atoms with Gasteiger partial charge in [0.2, 0.25) is 0 Å². The van der Waals surface area contributed by atoms with Crippen molar-refractivity contribution in [1.82, 2.24) is 4.90 Å². The molecule has 0 saturated carbocycles. The molecule has 0 aromatic heterocycles. The fraction of sp³-hybridized carbons (Fsp3) is 0.800. The van der Waals surface area contributed by atoms with E-state index in [-0.39, 0.29) is 6.04 Å². The van der Waals surface area contributed by atoms with Gasteiger partial charge in [0.25, 0.3) is 0 Å². The molecule has 3 heteroatoms. The van der Waals surface area contributed by atoms with E-state index in [1.54, 1.807) is 0 Å². The van der Waals surface area contributed by atoms with Crippen LogP contribution in [0.3, 0.4) is 0 Å². The Hall–Kier alpha value is -0.620. The predicted octanol–water partition coefficient (Wildman–Crippen LogP) is 2.20. The zero-order chi connectivity index (χ0) is 10.0. The normalized spacial score (nSPS) is 30.3. The first-order valence-corrected chi connectivity index (χ1v) is 5.22. The Labute approximate surface area is 85.5 Å². The third-order valence-corrected chi connectivity index (χ3v) is 3.53. The van der Waals surface area contributed by atoms with Crippen LogP contribution in [0.25, 0.3) is 0 Å². The molecule has 1 aliphatic rings. The highest BCUT2D eigenvalue weighted by Crippen LogP contribution is 2.27. The highest BCUT2D eigenvalue weighted by atomic mass is 32.1. The molecule has 0 N–H and O–H groups in total. The Bertz CT molecular complexity index is 244. The highest BCUT2D eigenvalue weighted by Gasteiger charge is 2.34. The van der Waals surface area contributed by atoms with Crippen LogP contribution >= 0.6 is 12.2 Å². The van der Waals surface area contributed by atoms with Gasteiger partial charge in [-0.1, -0.05) is 33.0 Å². The molecule has 1 rings (SSSR count). The largest absolute Gasteiger partial charge is 0.350 e. The van der Waals surface area contributed by atoms with Gasteiger partial charge in [-0.25, -0.2) is 0 Å². The van der Waals surface area contributed by atoms with Crippen molar-refractivity contribution in [2.24, 2.45) is 11.8 Å². The van der Waals surface area contributed by atoms with Gasteiger partial charge in [-0.2, -0.15) is 5.26 Å². The quantitative estimate of drug-likeness (QED) is 0.634. The molecule has 0 bridgehead atoms. The molecule has 3 unspecified atom stereocenters. The van der Waals surface area contributed by atoms with E-state index in [2.05, 4.69) is 24.8 Å². The minimum absolute atomic E-state index is 0.0140. The molecule has 3 atom stereocenters. The van der Waals surface area contributed by atoms with Crippen LogP contribution in [0.5, 0.6) is 0 Å². The van der Waals surface area contributed by atoms with Crippen molar-refractivity contribution in [3.8, 4) is 6.07 Å². The molecule has 1 aliphatic heterocycles. The van der Waals surface area contributed by atoms with Crippen molar-refractivity contribution in [3.05, 3.63) is 0 Å². The predicted molar refractivity (Wildman–Crippen MR) is 57.3 cm³/mol. The van der Waals surface area contributed by atoms with Gasteiger partial charge >= 0.3 is 0 Å². The van der Waals surface area contributed by atoms with Crippen LogP contribution in [-0.2, 0) is 0 Å². The van der Waals surface area contributed by atoms with E-state index in [1.165, 1.54) is 0 Å². The summed E-state index contributed by atoms with van der Waals surface area (Å²) in [6.07, 6.45) is 0.857. The molecule has 1 saturated heterocycles. The summed E-state index contributed by atoms with van der Waals surface area (Å²) in [5.41, 5.74) is 0. The SMILES string of the molecule is CCC(C#N)N1CC(C)C(C)C1=S. The topological polar surface area (TPSA) is 27.0 Å². The van der Waals surface area contributed by atoms with E-state index in [9.17, 15) is 0 Å². The van der Waals surface area contributed by atoms with Crippen LogP contribution in [0.15, 0.2) is 0 Å². The van der Waals surface area contributed by atoms with Crippen molar-refractivity contribution < 1.29 is 0 Å². The molecule has 0 aromatic rings. The smallest absolute Gasteiger partial charge is 0.117 e. The fourth-order valence-electron chi connectivity index (χ4n) is 1.73. The van der Waals surface area contributed by atoms with E-state index in [1.807, 2.05) is 6.92 Å². The van der Waals surface area contributed by atoms with Crippen molar-refractivity contribution in [2.45, 2.75) is 33.2 Å². The summed E-state index contributed by atoms with van der Waals surface area (Å²) in [5, 5.41) is 8.93. The minimum atomic E-state index is -0.0140. The zero-order valence-electron chi connectivity index (χ0n) is 8.45. The molecule has 0 aliphatic carbocycles. The molecule has 0 spiro atoms. The first-order chi connectivity index (χ1) is 6.11. The van der Waals surface area contributed by atoms with Crippen LogP contribution in [0.1, 0.15) is 27.2 Å². The third kappa shape index (κ3) is 1.83. The van der Waals surface area contributed by atoms with Crippen LogP contribution in [0.2, 0.25) is 0 Å². The van der Waals surface area contributed by atoms with Gasteiger partial charge in [-0.15, -0.1) is 0 Å². The number of rotatable bonds is 2. The zero-order valence-corrected chi connectivity index (χ0v) is 9.27. The maximum atomic E-state index is 8.93. The van der Waals surface area contributed by atoms with Gasteiger partial charge in [0, 0.05) is 12.5 Å². The maximum absolute atomic E-state index is 8.93. The van der Waals surface area contributed by atoms with E-state index in [0.717, 1.165) is 18.0 Å². The summed E-state index contributed by atoms with van der Waals surface area (Å²) in [7, 11) is 0. The number of nitrogens with zero attached hydrogens (tertiary/aromatic N) is 2. The van der Waals surface area contributed by atoms with Crippen LogP contribution in [0, 0.1) is 23.2 Å². The minimum Gasteiger partial charge on any atom is -0.350 e. The maximum Gasteiger partial charge on any atom is 0.117 e. The van der Waals surface area contributed by atoms with Crippen molar-refractivity contribution in [1.29, 1.82) is 5.26 Å². The number of likely N-dealkylation sites (tertiary alicyclic amines) is 1. The van der Waals surface area contributed by atoms with Gasteiger partial charge in [-0.3, -0.25) is 0 Å². The third-order valence-electron chi connectivity index (χ3n) is 2.92. The van der Waals surface area contributed by atoms with Crippen molar-refractivity contribution in [2.75, 3.05) is 6.54 Å². The van der Waals surface area contributed by atoms with E-state index in [0.29, 0.717) is 11.8 Å². The summed E-state index contributed by atoms with van der Waals surface area (Å²) in [6.45, 7) is 7.33. The lowest BCUT2D eigenvalue weighted by Gasteiger charge is -2.23. The van der Waals surface area contributed by atoms with Crippen molar-refractivity contribution in [3.63, 3.8) is 0 Å². The van der Waals surface area contributed by atoms with Gasteiger partial charge < -0.3 is 4.90 Å². The fourth-order valence-corrected chi connectivity index (χ4v) is 2.16. The number of nitriles is 1. The lowest BCUT2D eigenvalue weighted by Crippen LogP contribution is -2.34. The Kier molecular flexibility index (Phi) is 3.27. The number of hydrogen-bond donors (Lipinski definition) is 0. The van der Waals surface area contributed by atoms with Crippen molar-refractivity contribution >= 4 is 17.2 Å². The van der Waals surface area contributed by atoms with Gasteiger partial charge in [0.1, 0.15) is 6.04 Å². The average Bonchev–Trinajstić information content (AvgIpc) is 2.36. The summed E-state index contributed by atoms with van der Waals surface area (Å²) in [4.78, 5) is 3.06. The monoisotopic (exact) mass is 196 g/mol. The lowest BCUT2D eigenvalue weighted by atomic mass is 10.0. The molecule has 13 heavy (non-hydrogen) atoms. The second-order valence-electron chi connectivity index (χ2n) is 3.81. The van der Waals surface area contributed by atoms with E-state index < -0.39 is 0 Å². The van der Waals surface area contributed by atoms with Crippen LogP contribution in [-0.4, -0.2) is 22.5 Å². The summed E-state index contributed by atoms with van der Waals surface area (Å²) >= 11 is 5.32. The second-order valence-corrected chi connectivity index (χ2v) is 4.23. The highest BCUT2D eigenvalue weighted by molar-refractivity contribution is 7.80. The molecule has 1 heterocycles. The number of thiocarbonyl (C=S) groups is 1. The number of hydrogen-bond acceptors (Lipinski definition) is 2. The Morgan fingerprint density at radius 1 is 1.69 bits per heavy atom. The van der Waals surface area contributed by atoms with Crippen LogP contribution in [0.4, 0.5) is 0 Å². The Morgan fingerprint density at radius 2 is 2.31 bits per heavy atom. The molecule has 1 fully saturated rings. The average molecular weight is 196 g/mol. The molecule has 0 radical (unpaired) electrons. The molecule has 72 valence electrons. The van der Waals surface area contributed by atoms with E-state index >= 15 is 0 Å². The van der Waals surface area contributed by atoms with Gasteiger partial charge in [-0.05, 0) is 12.3 Å². The summed E-state index contributed by atoms with van der Waals surface area (Å²) in [5.74, 6) is 1.05. The second kappa shape index (κ2) is 4.06. The van der Waals surface area contributed by atoms with Crippen LogP contribution < -0.4 is 0 Å². The Balaban J connectivity index is 2.74. The lowest BCUT2D eigenvalue weighted by molar-refractivity contribution is 0.354. The van der Waals surface area contributed by atoms with Gasteiger partial charge in [0.15, 0.2) is 0 Å². The molecule has 2 nitrogen and oxygen atoms in total. The summed E-state index contributed by atoms with van der Waals surface area (Å²) < 4.78 is 0.